The van der Waals surface area contributed by atoms with Gasteiger partial charge in [-0.1, -0.05) is 0 Å². The molecule has 0 unspecified atom stereocenters. The molecular weight excluding hydrogens is 240 g/mol. The van der Waals surface area contributed by atoms with Gasteiger partial charge in [0.25, 0.3) is 0 Å². The fraction of sp³-hybridized carbons (Fsp3) is 0.231. The van der Waals surface area contributed by atoms with E-state index in [2.05, 4.69) is 0 Å². The summed E-state index contributed by atoms with van der Waals surface area (Å²) in [6.45, 7) is 0.593. The fourth-order valence-electron chi connectivity index (χ4n) is 2.53. The third-order valence-electron chi connectivity index (χ3n) is 3.33. The average molecular weight is 249 g/mol. The maximum absolute atomic E-state index is 13.7. The summed E-state index contributed by atoms with van der Waals surface area (Å²) >= 11 is 0. The van der Waals surface area contributed by atoms with E-state index in [1.807, 2.05) is 0 Å². The van der Waals surface area contributed by atoms with Gasteiger partial charge in [0.2, 0.25) is 0 Å². The highest BCUT2D eigenvalue weighted by Crippen LogP contribution is 2.27. The molecule has 1 aliphatic rings. The molecule has 0 saturated heterocycles. The highest BCUT2D eigenvalue weighted by atomic mass is 19.2. The molecule has 0 atom stereocenters. The van der Waals surface area contributed by atoms with E-state index < -0.39 is 17.1 Å². The van der Waals surface area contributed by atoms with E-state index in [0.29, 0.717) is 31.2 Å². The lowest BCUT2D eigenvalue weighted by Gasteiger charge is -2.20. The van der Waals surface area contributed by atoms with E-state index in [1.54, 1.807) is 4.57 Å². The first kappa shape index (κ1) is 11.1. The molecule has 0 amide bonds. The largest absolute Gasteiger partial charge is 0.346 e. The molecule has 0 aliphatic carbocycles. The monoisotopic (exact) mass is 249 g/mol. The van der Waals surface area contributed by atoms with Crippen molar-refractivity contribution in [2.45, 2.75) is 19.4 Å². The van der Waals surface area contributed by atoms with Crippen LogP contribution in [0.15, 0.2) is 17.1 Å². The molecule has 0 fully saturated rings. The molecule has 2 heterocycles. The Labute approximate surface area is 101 Å². The van der Waals surface area contributed by atoms with E-state index >= 15 is 0 Å². The second kappa shape index (κ2) is 3.73. The second-order valence-electron chi connectivity index (χ2n) is 4.38. The van der Waals surface area contributed by atoms with Crippen molar-refractivity contribution in [3.63, 3.8) is 0 Å². The average Bonchev–Trinajstić information content (AvgIpc) is 2.38. The number of hydrogen-bond acceptors (Lipinski definition) is 2. The first-order valence-corrected chi connectivity index (χ1v) is 5.62. The molecule has 0 spiro atoms. The predicted molar refractivity (Wildman–Crippen MR) is 61.8 cm³/mol. The lowest BCUT2D eigenvalue weighted by molar-refractivity contribution is 0.112. The number of halogens is 2. The third kappa shape index (κ3) is 1.33. The van der Waals surface area contributed by atoms with Gasteiger partial charge in [-0.3, -0.25) is 9.59 Å². The number of carbonyl (C=O) groups excluding carboxylic acids is 1. The van der Waals surface area contributed by atoms with E-state index in [-0.39, 0.29) is 16.5 Å². The number of benzene rings is 1. The van der Waals surface area contributed by atoms with Crippen LogP contribution in [0.1, 0.15) is 22.3 Å². The van der Waals surface area contributed by atoms with Crippen LogP contribution in [0.3, 0.4) is 0 Å². The normalized spacial score (nSPS) is 13.9. The van der Waals surface area contributed by atoms with Crippen LogP contribution >= 0.6 is 0 Å². The molecule has 1 aliphatic heterocycles. The molecule has 0 saturated carbocycles. The van der Waals surface area contributed by atoms with E-state index in [1.165, 1.54) is 6.20 Å². The Kier molecular flexibility index (Phi) is 2.29. The Morgan fingerprint density at radius 3 is 2.83 bits per heavy atom. The smallest absolute Gasteiger partial charge is 0.200 e. The zero-order valence-corrected chi connectivity index (χ0v) is 9.37. The summed E-state index contributed by atoms with van der Waals surface area (Å²) < 4.78 is 28.8. The molecule has 1 aromatic heterocycles. The van der Waals surface area contributed by atoms with Gasteiger partial charge >= 0.3 is 0 Å². The van der Waals surface area contributed by atoms with Crippen molar-refractivity contribution in [3.8, 4) is 0 Å². The molecule has 3 nitrogen and oxygen atoms in total. The first-order chi connectivity index (χ1) is 8.63. The number of hydrogen-bond donors (Lipinski definition) is 0. The predicted octanol–water partition coefficient (Wildman–Crippen LogP) is 2.04. The number of rotatable bonds is 1. The number of pyridine rings is 1. The topological polar surface area (TPSA) is 39.1 Å². The van der Waals surface area contributed by atoms with Crippen LogP contribution in [-0.2, 0) is 13.0 Å². The summed E-state index contributed by atoms with van der Waals surface area (Å²) in [6.07, 6.45) is 2.92. The van der Waals surface area contributed by atoms with Crippen LogP contribution in [0.2, 0.25) is 0 Å². The van der Waals surface area contributed by atoms with Crippen LogP contribution in [0.25, 0.3) is 10.9 Å². The molecule has 18 heavy (non-hydrogen) atoms. The van der Waals surface area contributed by atoms with Gasteiger partial charge in [-0.2, -0.15) is 0 Å². The van der Waals surface area contributed by atoms with Crippen LogP contribution in [0.5, 0.6) is 0 Å². The summed E-state index contributed by atoms with van der Waals surface area (Å²) in [4.78, 5) is 22.7. The Balaban J connectivity index is 2.58. The Morgan fingerprint density at radius 2 is 2.11 bits per heavy atom. The maximum atomic E-state index is 13.7. The number of aryl methyl sites for hydroxylation is 2. The van der Waals surface area contributed by atoms with Gasteiger partial charge in [0.05, 0.1) is 11.1 Å². The van der Waals surface area contributed by atoms with Gasteiger partial charge in [0, 0.05) is 23.7 Å². The van der Waals surface area contributed by atoms with E-state index in [0.717, 1.165) is 6.07 Å². The van der Waals surface area contributed by atoms with Crippen molar-refractivity contribution in [3.05, 3.63) is 45.2 Å². The van der Waals surface area contributed by atoms with Crippen molar-refractivity contribution in [1.29, 1.82) is 0 Å². The van der Waals surface area contributed by atoms with Crippen molar-refractivity contribution >= 4 is 17.2 Å². The zero-order valence-electron chi connectivity index (χ0n) is 9.37. The van der Waals surface area contributed by atoms with Crippen molar-refractivity contribution in [2.24, 2.45) is 0 Å². The third-order valence-corrected chi connectivity index (χ3v) is 3.33. The lowest BCUT2D eigenvalue weighted by atomic mass is 9.99. The molecule has 3 rings (SSSR count). The molecule has 2 aromatic rings. The van der Waals surface area contributed by atoms with Crippen LogP contribution in [-0.4, -0.2) is 10.9 Å². The Morgan fingerprint density at radius 1 is 1.33 bits per heavy atom. The molecule has 5 heteroatoms. The highest BCUT2D eigenvalue weighted by Gasteiger charge is 2.21. The van der Waals surface area contributed by atoms with Crippen LogP contribution in [0.4, 0.5) is 8.78 Å². The van der Waals surface area contributed by atoms with Crippen molar-refractivity contribution < 1.29 is 13.6 Å². The molecule has 1 aromatic carbocycles. The van der Waals surface area contributed by atoms with Crippen LogP contribution < -0.4 is 5.43 Å². The van der Waals surface area contributed by atoms with Crippen molar-refractivity contribution in [1.82, 2.24) is 4.57 Å². The maximum Gasteiger partial charge on any atom is 0.200 e. The fourth-order valence-corrected chi connectivity index (χ4v) is 2.53. The number of aldehydes is 1. The minimum Gasteiger partial charge on any atom is -0.346 e. The molecule has 92 valence electrons. The van der Waals surface area contributed by atoms with Gasteiger partial charge in [0.1, 0.15) is 0 Å². The molecule has 0 radical (unpaired) electrons. The van der Waals surface area contributed by atoms with Gasteiger partial charge in [-0.25, -0.2) is 8.78 Å². The van der Waals surface area contributed by atoms with Gasteiger partial charge in [-0.15, -0.1) is 0 Å². The minimum atomic E-state index is -1.04. The van der Waals surface area contributed by atoms with Gasteiger partial charge in [-0.05, 0) is 18.9 Å². The first-order valence-electron chi connectivity index (χ1n) is 5.62. The molecule has 0 bridgehead atoms. The Bertz CT molecular complexity index is 734. The summed E-state index contributed by atoms with van der Waals surface area (Å²) in [7, 11) is 0. The lowest BCUT2D eigenvalue weighted by Crippen LogP contribution is -2.20. The minimum absolute atomic E-state index is 0.0265. The number of carbonyl (C=O) groups is 1. The summed E-state index contributed by atoms with van der Waals surface area (Å²) in [5.74, 6) is -1.93. The molecule has 0 N–H and O–H groups in total. The van der Waals surface area contributed by atoms with Crippen molar-refractivity contribution in [2.75, 3.05) is 0 Å². The second-order valence-corrected chi connectivity index (χ2v) is 4.38. The SMILES string of the molecule is O=Cc1cn2c3c(c(F)c(F)cc3c1=O)CCC2. The van der Waals surface area contributed by atoms with Gasteiger partial charge in [0.15, 0.2) is 23.3 Å². The number of aromatic nitrogens is 1. The highest BCUT2D eigenvalue weighted by molar-refractivity contribution is 5.88. The molecular formula is C13H9F2NO2. The summed E-state index contributed by atoms with van der Waals surface area (Å²) in [6, 6.07) is 0.880. The summed E-state index contributed by atoms with van der Waals surface area (Å²) in [5, 5.41) is 0.0770. The standard InChI is InChI=1S/C13H9F2NO2/c14-10-4-9-12-8(11(10)15)2-1-3-16(12)5-7(6-17)13(9)18/h4-6H,1-3H2. The zero-order chi connectivity index (χ0) is 12.9. The van der Waals surface area contributed by atoms with Gasteiger partial charge < -0.3 is 4.57 Å². The number of nitrogens with zero attached hydrogens (tertiary/aromatic N) is 1. The van der Waals surface area contributed by atoms with E-state index in [9.17, 15) is 18.4 Å². The van der Waals surface area contributed by atoms with Crippen LogP contribution in [0, 0.1) is 11.6 Å². The quantitative estimate of drug-likeness (QED) is 0.725. The van der Waals surface area contributed by atoms with E-state index in [4.69, 9.17) is 0 Å². The summed E-state index contributed by atoms with van der Waals surface area (Å²) in [5.41, 5.74) is 0.0706. The Hall–Kier alpha value is -2.04.